The molecule has 0 N–H and O–H groups in total. The molecule has 0 radical (unpaired) electrons. The summed E-state index contributed by atoms with van der Waals surface area (Å²) < 4.78 is 2.23. The maximum Gasteiger partial charge on any atom is 0.0951 e. The lowest BCUT2D eigenvalue weighted by atomic mass is 9.91. The van der Waals surface area contributed by atoms with E-state index in [-0.39, 0.29) is 6.04 Å². The van der Waals surface area contributed by atoms with Gasteiger partial charge in [-0.1, -0.05) is 84.9 Å². The fourth-order valence-electron chi connectivity index (χ4n) is 3.54. The Hall–Kier alpha value is -3.13. The Morgan fingerprint density at radius 1 is 0.769 bits per heavy atom. The number of nitrogens with zero attached hydrogens (tertiary/aromatic N) is 2. The van der Waals surface area contributed by atoms with Crippen molar-refractivity contribution in [1.29, 1.82) is 0 Å². The number of aromatic nitrogens is 2. The van der Waals surface area contributed by atoms with E-state index in [1.165, 1.54) is 22.3 Å². The average Bonchev–Trinajstić information content (AvgIpc) is 3.25. The van der Waals surface area contributed by atoms with Crippen LogP contribution in [0.5, 0.6) is 0 Å². The van der Waals surface area contributed by atoms with Crippen LogP contribution >= 0.6 is 0 Å². The molecule has 0 saturated carbocycles. The number of benzene rings is 3. The Morgan fingerprint density at radius 2 is 1.46 bits per heavy atom. The zero-order valence-corrected chi connectivity index (χ0v) is 14.7. The third-order valence-corrected chi connectivity index (χ3v) is 4.84. The Kier molecular flexibility index (Phi) is 4.92. The first-order valence-corrected chi connectivity index (χ1v) is 9.07. The summed E-state index contributed by atoms with van der Waals surface area (Å²) in [4.78, 5) is 4.29. The zero-order valence-electron chi connectivity index (χ0n) is 14.7. The van der Waals surface area contributed by atoms with Gasteiger partial charge in [0.1, 0.15) is 0 Å². The Morgan fingerprint density at radius 3 is 2.19 bits per heavy atom. The molecule has 0 amide bonds. The molecule has 0 aliphatic carbocycles. The van der Waals surface area contributed by atoms with E-state index in [4.69, 9.17) is 0 Å². The Bertz CT molecular complexity index is 928. The molecular weight excluding hydrogens is 316 g/mol. The van der Waals surface area contributed by atoms with Gasteiger partial charge in [0.05, 0.1) is 12.4 Å². The Balaban J connectivity index is 1.71. The van der Waals surface area contributed by atoms with Crippen LogP contribution in [0.3, 0.4) is 0 Å². The largest absolute Gasteiger partial charge is 0.330 e. The molecule has 0 aliphatic rings. The summed E-state index contributed by atoms with van der Waals surface area (Å²) in [6.45, 7) is 0. The molecule has 1 atom stereocenters. The van der Waals surface area contributed by atoms with Gasteiger partial charge in [-0.25, -0.2) is 4.98 Å². The van der Waals surface area contributed by atoms with E-state index >= 15 is 0 Å². The summed E-state index contributed by atoms with van der Waals surface area (Å²) in [5.74, 6) is 0. The van der Waals surface area contributed by atoms with Gasteiger partial charge in [0.2, 0.25) is 0 Å². The minimum absolute atomic E-state index is 0.258. The van der Waals surface area contributed by atoms with Gasteiger partial charge >= 0.3 is 0 Å². The molecule has 4 aromatic rings. The molecule has 1 aromatic heterocycles. The minimum Gasteiger partial charge on any atom is -0.330 e. The smallest absolute Gasteiger partial charge is 0.0951 e. The van der Waals surface area contributed by atoms with E-state index < -0.39 is 0 Å². The summed E-state index contributed by atoms with van der Waals surface area (Å²) >= 11 is 0. The molecule has 2 heteroatoms. The second-order valence-electron chi connectivity index (χ2n) is 6.50. The van der Waals surface area contributed by atoms with Gasteiger partial charge in [-0.05, 0) is 35.1 Å². The second-order valence-corrected chi connectivity index (χ2v) is 6.50. The lowest BCUT2D eigenvalue weighted by Crippen LogP contribution is -2.11. The zero-order chi connectivity index (χ0) is 17.6. The highest BCUT2D eigenvalue weighted by Gasteiger charge is 2.17. The highest BCUT2D eigenvalue weighted by molar-refractivity contribution is 5.68. The van der Waals surface area contributed by atoms with Gasteiger partial charge in [-0.2, -0.15) is 0 Å². The van der Waals surface area contributed by atoms with Crippen LogP contribution in [0.4, 0.5) is 0 Å². The normalized spacial score (nSPS) is 12.0. The number of hydrogen-bond donors (Lipinski definition) is 0. The van der Waals surface area contributed by atoms with E-state index in [0.717, 1.165) is 12.8 Å². The molecule has 1 heterocycles. The van der Waals surface area contributed by atoms with E-state index in [0.29, 0.717) is 0 Å². The molecule has 0 spiro atoms. The van der Waals surface area contributed by atoms with Crippen LogP contribution < -0.4 is 0 Å². The third kappa shape index (κ3) is 3.60. The van der Waals surface area contributed by atoms with Crippen molar-refractivity contribution in [2.75, 3.05) is 0 Å². The first kappa shape index (κ1) is 16.3. The molecule has 4 rings (SSSR count). The molecule has 0 fully saturated rings. The standard InChI is InChI=1S/C24H22N2/c1-3-9-20(10-4-1)15-16-24(26-18-17-25-19-26)23-14-8-7-13-22(23)21-11-5-2-6-12-21/h1-14,17-19,24H,15-16H2. The molecule has 2 nitrogen and oxygen atoms in total. The summed E-state index contributed by atoms with van der Waals surface area (Å²) in [7, 11) is 0. The fraction of sp³-hybridized carbons (Fsp3) is 0.125. The predicted molar refractivity (Wildman–Crippen MR) is 107 cm³/mol. The maximum atomic E-state index is 4.29. The highest BCUT2D eigenvalue weighted by atomic mass is 15.0. The second kappa shape index (κ2) is 7.83. The number of rotatable bonds is 6. The van der Waals surface area contributed by atoms with Crippen molar-refractivity contribution < 1.29 is 0 Å². The maximum absolute atomic E-state index is 4.29. The van der Waals surface area contributed by atoms with E-state index in [9.17, 15) is 0 Å². The van der Waals surface area contributed by atoms with Crippen LogP contribution in [-0.4, -0.2) is 9.55 Å². The van der Waals surface area contributed by atoms with Crippen molar-refractivity contribution in [3.05, 3.63) is 115 Å². The average molecular weight is 338 g/mol. The summed E-state index contributed by atoms with van der Waals surface area (Å²) in [6, 6.07) is 30.3. The molecular formula is C24H22N2. The van der Waals surface area contributed by atoms with Gasteiger partial charge in [0.15, 0.2) is 0 Å². The van der Waals surface area contributed by atoms with Gasteiger partial charge < -0.3 is 4.57 Å². The quantitative estimate of drug-likeness (QED) is 0.436. The first-order valence-electron chi connectivity index (χ1n) is 9.07. The minimum atomic E-state index is 0.258. The number of imidazole rings is 1. The van der Waals surface area contributed by atoms with Gasteiger partial charge in [-0.3, -0.25) is 0 Å². The van der Waals surface area contributed by atoms with Crippen molar-refractivity contribution in [2.45, 2.75) is 18.9 Å². The lowest BCUT2D eigenvalue weighted by Gasteiger charge is -2.22. The van der Waals surface area contributed by atoms with E-state index in [1.807, 2.05) is 12.5 Å². The fourth-order valence-corrected chi connectivity index (χ4v) is 3.54. The molecule has 0 aliphatic heterocycles. The number of hydrogen-bond acceptors (Lipinski definition) is 1. The molecule has 128 valence electrons. The summed E-state index contributed by atoms with van der Waals surface area (Å²) in [6.07, 6.45) is 7.92. The first-order chi connectivity index (χ1) is 12.9. The predicted octanol–water partition coefficient (Wildman–Crippen LogP) is 5.77. The summed E-state index contributed by atoms with van der Waals surface area (Å²) in [5, 5.41) is 0. The van der Waals surface area contributed by atoms with Crippen LogP contribution in [0.15, 0.2) is 104 Å². The van der Waals surface area contributed by atoms with Crippen molar-refractivity contribution >= 4 is 0 Å². The van der Waals surface area contributed by atoms with Crippen LogP contribution in [0, 0.1) is 0 Å². The van der Waals surface area contributed by atoms with Crippen molar-refractivity contribution in [2.24, 2.45) is 0 Å². The molecule has 26 heavy (non-hydrogen) atoms. The molecule has 1 unspecified atom stereocenters. The van der Waals surface area contributed by atoms with Crippen LogP contribution in [0.2, 0.25) is 0 Å². The van der Waals surface area contributed by atoms with Gasteiger partial charge in [0.25, 0.3) is 0 Å². The van der Waals surface area contributed by atoms with Crippen LogP contribution in [-0.2, 0) is 6.42 Å². The van der Waals surface area contributed by atoms with E-state index in [1.54, 1.807) is 0 Å². The Labute approximate surface area is 154 Å². The van der Waals surface area contributed by atoms with Crippen molar-refractivity contribution in [3.63, 3.8) is 0 Å². The number of aryl methyl sites for hydroxylation is 1. The third-order valence-electron chi connectivity index (χ3n) is 4.84. The van der Waals surface area contributed by atoms with Gasteiger partial charge in [0, 0.05) is 12.4 Å². The van der Waals surface area contributed by atoms with E-state index in [2.05, 4.69) is 101 Å². The van der Waals surface area contributed by atoms with Crippen molar-refractivity contribution in [1.82, 2.24) is 9.55 Å². The van der Waals surface area contributed by atoms with Gasteiger partial charge in [-0.15, -0.1) is 0 Å². The molecule has 3 aromatic carbocycles. The van der Waals surface area contributed by atoms with Crippen LogP contribution in [0.25, 0.3) is 11.1 Å². The summed E-state index contributed by atoms with van der Waals surface area (Å²) in [5.41, 5.74) is 5.26. The van der Waals surface area contributed by atoms with Crippen molar-refractivity contribution in [3.8, 4) is 11.1 Å². The monoisotopic (exact) mass is 338 g/mol. The SMILES string of the molecule is c1ccc(CCC(c2ccccc2-c2ccccc2)n2ccnc2)cc1. The molecule has 0 bridgehead atoms. The highest BCUT2D eigenvalue weighted by Crippen LogP contribution is 2.32. The van der Waals surface area contributed by atoms with Crippen LogP contribution in [0.1, 0.15) is 23.6 Å². The lowest BCUT2D eigenvalue weighted by molar-refractivity contribution is 0.541. The topological polar surface area (TPSA) is 17.8 Å². The molecule has 0 saturated heterocycles.